The minimum atomic E-state index is -2.36. The summed E-state index contributed by atoms with van der Waals surface area (Å²) in [4.78, 5) is 4.14. The van der Waals surface area contributed by atoms with Crippen LogP contribution in [0.4, 0.5) is 5.69 Å². The van der Waals surface area contributed by atoms with Crippen LogP contribution in [0.5, 0.6) is 5.75 Å². The summed E-state index contributed by atoms with van der Waals surface area (Å²) >= 11 is 0. The van der Waals surface area contributed by atoms with Gasteiger partial charge in [0.1, 0.15) is 18.3 Å². The van der Waals surface area contributed by atoms with E-state index < -0.39 is 7.14 Å². The maximum atomic E-state index is 11.8. The lowest BCUT2D eigenvalue weighted by Crippen LogP contribution is -2.11. The highest BCUT2D eigenvalue weighted by atomic mass is 31.2. The van der Waals surface area contributed by atoms with Gasteiger partial charge in [-0.25, -0.2) is 0 Å². The fraction of sp³-hybridized carbons (Fsp3) is 0.364. The Morgan fingerprint density at radius 1 is 1.62 bits per heavy atom. The number of terminal acetylenes is 1. The molecule has 0 aliphatic rings. The number of nitrogens with zero attached hydrogens (tertiary/aromatic N) is 1. The van der Waals surface area contributed by atoms with Crippen LogP contribution >= 0.6 is 7.14 Å². The first-order valence-electron chi connectivity index (χ1n) is 4.76. The number of anilines is 1. The molecule has 0 bridgehead atoms. The molecule has 16 heavy (non-hydrogen) atoms. The van der Waals surface area contributed by atoms with Crippen molar-refractivity contribution >= 4 is 18.3 Å². The SMILES string of the molecule is C#CCNc1cnc(P(C)(C)=O)cc1OC. The molecule has 0 fully saturated rings. The van der Waals surface area contributed by atoms with Crippen LogP contribution in [-0.2, 0) is 4.57 Å². The Hall–Kier alpha value is -1.46. The molecule has 0 amide bonds. The summed E-state index contributed by atoms with van der Waals surface area (Å²) in [6.45, 7) is 3.74. The zero-order valence-electron chi connectivity index (χ0n) is 9.65. The predicted octanol–water partition coefficient (Wildman–Crippen LogP) is 1.38. The van der Waals surface area contributed by atoms with Gasteiger partial charge in [-0.3, -0.25) is 4.98 Å². The van der Waals surface area contributed by atoms with Crippen LogP contribution in [0.15, 0.2) is 12.3 Å². The Bertz CT molecular complexity index is 460. The number of rotatable bonds is 4. The van der Waals surface area contributed by atoms with Crippen LogP contribution in [0.2, 0.25) is 0 Å². The topological polar surface area (TPSA) is 51.2 Å². The first kappa shape index (κ1) is 12.6. The van der Waals surface area contributed by atoms with Crippen LogP contribution in [0.3, 0.4) is 0 Å². The van der Waals surface area contributed by atoms with Crippen LogP contribution in [0.1, 0.15) is 0 Å². The number of methoxy groups -OCH3 is 1. The van der Waals surface area contributed by atoms with Gasteiger partial charge in [-0.05, 0) is 13.3 Å². The quantitative estimate of drug-likeness (QED) is 0.636. The third-order valence-electron chi connectivity index (χ3n) is 2.00. The van der Waals surface area contributed by atoms with Gasteiger partial charge in [0, 0.05) is 6.07 Å². The summed E-state index contributed by atoms with van der Waals surface area (Å²) in [6.07, 6.45) is 6.74. The number of hydrogen-bond acceptors (Lipinski definition) is 4. The number of hydrogen-bond donors (Lipinski definition) is 1. The number of nitrogens with one attached hydrogen (secondary N) is 1. The molecule has 4 nitrogen and oxygen atoms in total. The molecule has 0 aliphatic heterocycles. The second-order valence-electron chi connectivity index (χ2n) is 3.65. The highest BCUT2D eigenvalue weighted by molar-refractivity contribution is 7.69. The first-order chi connectivity index (χ1) is 7.49. The van der Waals surface area contributed by atoms with Crippen LogP contribution in [0.25, 0.3) is 0 Å². The molecule has 1 heterocycles. The van der Waals surface area contributed by atoms with Crippen molar-refractivity contribution in [1.82, 2.24) is 4.98 Å². The molecule has 0 saturated carbocycles. The van der Waals surface area contributed by atoms with Crippen molar-refractivity contribution in [2.75, 3.05) is 32.3 Å². The fourth-order valence-corrected chi connectivity index (χ4v) is 1.93. The molecule has 5 heteroatoms. The first-order valence-corrected chi connectivity index (χ1v) is 7.36. The molecule has 1 aromatic heterocycles. The molecule has 1 N–H and O–H groups in total. The highest BCUT2D eigenvalue weighted by Crippen LogP contribution is 2.35. The molecular weight excluding hydrogens is 223 g/mol. The Kier molecular flexibility index (Phi) is 3.98. The third-order valence-corrected chi connectivity index (χ3v) is 3.35. The van der Waals surface area contributed by atoms with Crippen molar-refractivity contribution in [3.63, 3.8) is 0 Å². The molecule has 0 saturated heterocycles. The second-order valence-corrected chi connectivity index (χ2v) is 6.81. The predicted molar refractivity (Wildman–Crippen MR) is 67.2 cm³/mol. The van der Waals surface area contributed by atoms with E-state index in [1.165, 1.54) is 0 Å². The summed E-state index contributed by atoms with van der Waals surface area (Å²) in [5.74, 6) is 3.06. The number of pyridine rings is 1. The maximum Gasteiger partial charge on any atom is 0.145 e. The van der Waals surface area contributed by atoms with E-state index in [0.717, 1.165) is 0 Å². The molecule has 0 aliphatic carbocycles. The Morgan fingerprint density at radius 2 is 2.31 bits per heavy atom. The van der Waals surface area contributed by atoms with Crippen molar-refractivity contribution in [2.24, 2.45) is 0 Å². The molecule has 0 spiro atoms. The summed E-state index contributed by atoms with van der Waals surface area (Å²) < 4.78 is 17.0. The van der Waals surface area contributed by atoms with Crippen molar-refractivity contribution in [2.45, 2.75) is 0 Å². The van der Waals surface area contributed by atoms with E-state index in [9.17, 15) is 4.57 Å². The lowest BCUT2D eigenvalue weighted by molar-refractivity contribution is 0.416. The van der Waals surface area contributed by atoms with E-state index in [0.29, 0.717) is 23.4 Å². The van der Waals surface area contributed by atoms with Gasteiger partial charge in [0.2, 0.25) is 0 Å². The van der Waals surface area contributed by atoms with E-state index in [2.05, 4.69) is 16.2 Å². The monoisotopic (exact) mass is 238 g/mol. The standard InChI is InChI=1S/C11H15N2O2P/c1-5-6-12-9-8-13-11(16(3,4)14)7-10(9)15-2/h1,7-8,12H,6H2,2-4H3. The number of aromatic nitrogens is 1. The molecule has 0 aromatic carbocycles. The van der Waals surface area contributed by atoms with E-state index in [1.54, 1.807) is 32.7 Å². The maximum absolute atomic E-state index is 11.8. The van der Waals surface area contributed by atoms with Crippen molar-refractivity contribution in [1.29, 1.82) is 0 Å². The van der Waals surface area contributed by atoms with Gasteiger partial charge in [0.25, 0.3) is 0 Å². The molecular formula is C11H15N2O2P. The average Bonchev–Trinajstić information content (AvgIpc) is 2.24. The van der Waals surface area contributed by atoms with E-state index >= 15 is 0 Å². The van der Waals surface area contributed by atoms with Crippen LogP contribution in [-0.4, -0.2) is 32.0 Å². The Morgan fingerprint density at radius 3 is 2.81 bits per heavy atom. The highest BCUT2D eigenvalue weighted by Gasteiger charge is 2.15. The minimum absolute atomic E-state index is 0.396. The van der Waals surface area contributed by atoms with Gasteiger partial charge in [0.05, 0.1) is 25.5 Å². The fourth-order valence-electron chi connectivity index (χ4n) is 1.17. The summed E-state index contributed by atoms with van der Waals surface area (Å²) in [7, 11) is -0.811. The third kappa shape index (κ3) is 3.01. The zero-order chi connectivity index (χ0) is 12.2. The smallest absolute Gasteiger partial charge is 0.145 e. The van der Waals surface area contributed by atoms with Gasteiger partial charge in [-0.2, -0.15) is 0 Å². The van der Waals surface area contributed by atoms with Crippen LogP contribution < -0.4 is 15.5 Å². The molecule has 86 valence electrons. The van der Waals surface area contributed by atoms with E-state index in [4.69, 9.17) is 11.2 Å². The normalized spacial score (nSPS) is 10.6. The molecule has 1 rings (SSSR count). The summed E-state index contributed by atoms with van der Waals surface area (Å²) in [6, 6.07) is 1.68. The van der Waals surface area contributed by atoms with Gasteiger partial charge in [-0.15, -0.1) is 6.42 Å². The summed E-state index contributed by atoms with van der Waals surface area (Å²) in [5.41, 5.74) is 1.26. The van der Waals surface area contributed by atoms with Gasteiger partial charge >= 0.3 is 0 Å². The van der Waals surface area contributed by atoms with Gasteiger partial charge in [0.15, 0.2) is 0 Å². The largest absolute Gasteiger partial charge is 0.494 e. The lowest BCUT2D eigenvalue weighted by Gasteiger charge is -2.12. The van der Waals surface area contributed by atoms with Crippen molar-refractivity contribution < 1.29 is 9.30 Å². The molecule has 0 radical (unpaired) electrons. The van der Waals surface area contributed by atoms with E-state index in [1.807, 2.05) is 0 Å². The van der Waals surface area contributed by atoms with Crippen LogP contribution in [0, 0.1) is 12.3 Å². The minimum Gasteiger partial charge on any atom is -0.494 e. The number of ether oxygens (including phenoxy) is 1. The van der Waals surface area contributed by atoms with Gasteiger partial charge in [-0.1, -0.05) is 5.92 Å². The zero-order valence-corrected chi connectivity index (χ0v) is 10.5. The molecule has 0 unspecified atom stereocenters. The van der Waals surface area contributed by atoms with Crippen molar-refractivity contribution in [3.8, 4) is 18.1 Å². The Balaban J connectivity index is 3.08. The molecule has 0 atom stereocenters. The van der Waals surface area contributed by atoms with Gasteiger partial charge < -0.3 is 14.6 Å². The molecule has 1 aromatic rings. The average molecular weight is 238 g/mol. The lowest BCUT2D eigenvalue weighted by atomic mass is 10.4. The second kappa shape index (κ2) is 5.05. The van der Waals surface area contributed by atoms with Crippen molar-refractivity contribution in [3.05, 3.63) is 12.3 Å². The Labute approximate surface area is 95.8 Å². The summed E-state index contributed by atoms with van der Waals surface area (Å²) in [5, 5.41) is 2.98. The van der Waals surface area contributed by atoms with E-state index in [-0.39, 0.29) is 0 Å².